The van der Waals surface area contributed by atoms with Gasteiger partial charge in [0.1, 0.15) is 4.88 Å². The van der Waals surface area contributed by atoms with Gasteiger partial charge in [0, 0.05) is 13.1 Å². The summed E-state index contributed by atoms with van der Waals surface area (Å²) < 4.78 is 0. The van der Waals surface area contributed by atoms with Crippen molar-refractivity contribution in [2.75, 3.05) is 19.6 Å². The van der Waals surface area contributed by atoms with E-state index in [2.05, 4.69) is 4.98 Å². The van der Waals surface area contributed by atoms with Crippen LogP contribution in [0.5, 0.6) is 0 Å². The zero-order chi connectivity index (χ0) is 11.5. The van der Waals surface area contributed by atoms with Crippen molar-refractivity contribution in [2.24, 2.45) is 11.7 Å². The number of thiazole rings is 1. The van der Waals surface area contributed by atoms with Crippen LogP contribution in [-0.2, 0) is 0 Å². The molecule has 1 saturated heterocycles. The molecule has 2 rings (SSSR count). The number of hydrogen-bond donors (Lipinski definition) is 1. The molecular weight excluding hydrogens is 258 g/mol. The van der Waals surface area contributed by atoms with Gasteiger partial charge in [-0.25, -0.2) is 4.98 Å². The molecule has 0 saturated carbocycles. The molecule has 1 aliphatic heterocycles. The number of aromatic nitrogens is 1. The molecule has 1 amide bonds. The average Bonchev–Trinajstić information content (AvgIpc) is 2.75. The van der Waals surface area contributed by atoms with Gasteiger partial charge in [0.2, 0.25) is 0 Å². The van der Waals surface area contributed by atoms with Crippen LogP contribution in [0.1, 0.15) is 27.5 Å². The molecule has 1 aromatic rings. The van der Waals surface area contributed by atoms with Crippen LogP contribution in [0.15, 0.2) is 6.20 Å². The second-order valence-electron chi connectivity index (χ2n) is 4.24. The summed E-state index contributed by atoms with van der Waals surface area (Å²) in [5.74, 6) is 0.579. The predicted octanol–water partition coefficient (Wildman–Crippen LogP) is 1.68. The number of halogens is 1. The van der Waals surface area contributed by atoms with Crippen LogP contribution in [0.3, 0.4) is 0 Å². The third-order valence-electron chi connectivity index (χ3n) is 2.97. The van der Waals surface area contributed by atoms with Crippen LogP contribution in [0.25, 0.3) is 0 Å². The van der Waals surface area contributed by atoms with Crippen molar-refractivity contribution < 1.29 is 4.79 Å². The van der Waals surface area contributed by atoms with Crippen molar-refractivity contribution in [1.82, 2.24) is 9.88 Å². The summed E-state index contributed by atoms with van der Waals surface area (Å²) in [6.45, 7) is 4.24. The number of amides is 1. The Labute approximate surface area is 112 Å². The lowest BCUT2D eigenvalue weighted by atomic mass is 9.98. The highest BCUT2D eigenvalue weighted by molar-refractivity contribution is 7.13. The molecule has 1 fully saturated rings. The second-order valence-corrected chi connectivity index (χ2v) is 5.47. The van der Waals surface area contributed by atoms with E-state index >= 15 is 0 Å². The van der Waals surface area contributed by atoms with E-state index in [0.29, 0.717) is 12.5 Å². The van der Waals surface area contributed by atoms with Gasteiger partial charge < -0.3 is 10.6 Å². The minimum Gasteiger partial charge on any atom is -0.338 e. The quantitative estimate of drug-likeness (QED) is 0.893. The Kier molecular flexibility index (Phi) is 5.36. The SMILES string of the molecule is Cc1ncc(C(=O)N2CCCC(CN)C2)s1.Cl. The van der Waals surface area contributed by atoms with Gasteiger partial charge in [-0.15, -0.1) is 23.7 Å². The molecule has 1 unspecified atom stereocenters. The molecule has 2 heterocycles. The fourth-order valence-electron chi connectivity index (χ4n) is 2.06. The Hall–Kier alpha value is -0.650. The molecule has 0 spiro atoms. The van der Waals surface area contributed by atoms with Crippen LogP contribution in [0, 0.1) is 12.8 Å². The average molecular weight is 276 g/mol. The van der Waals surface area contributed by atoms with E-state index in [4.69, 9.17) is 5.73 Å². The number of piperidine rings is 1. The highest BCUT2D eigenvalue weighted by atomic mass is 35.5. The van der Waals surface area contributed by atoms with Crippen molar-refractivity contribution in [3.05, 3.63) is 16.1 Å². The Morgan fingerprint density at radius 1 is 1.71 bits per heavy atom. The summed E-state index contributed by atoms with van der Waals surface area (Å²) in [5, 5.41) is 0.940. The van der Waals surface area contributed by atoms with E-state index in [1.165, 1.54) is 11.3 Å². The number of carbonyl (C=O) groups excluding carboxylic acids is 1. The third-order valence-corrected chi connectivity index (χ3v) is 3.87. The zero-order valence-electron chi connectivity index (χ0n) is 9.89. The molecule has 96 valence electrons. The Morgan fingerprint density at radius 3 is 3.06 bits per heavy atom. The molecule has 4 nitrogen and oxygen atoms in total. The highest BCUT2D eigenvalue weighted by Gasteiger charge is 2.24. The van der Waals surface area contributed by atoms with Gasteiger partial charge >= 0.3 is 0 Å². The first-order valence-corrected chi connectivity index (χ1v) is 6.44. The van der Waals surface area contributed by atoms with Gasteiger partial charge in [0.05, 0.1) is 11.2 Å². The molecule has 0 bridgehead atoms. The number of carbonyl (C=O) groups is 1. The molecule has 2 N–H and O–H groups in total. The minimum absolute atomic E-state index is 0. The largest absolute Gasteiger partial charge is 0.338 e. The first-order chi connectivity index (χ1) is 7.70. The van der Waals surface area contributed by atoms with Crippen LogP contribution >= 0.6 is 23.7 Å². The van der Waals surface area contributed by atoms with E-state index < -0.39 is 0 Å². The smallest absolute Gasteiger partial charge is 0.265 e. The first-order valence-electron chi connectivity index (χ1n) is 5.62. The van der Waals surface area contributed by atoms with Crippen LogP contribution in [0.2, 0.25) is 0 Å². The van der Waals surface area contributed by atoms with Gasteiger partial charge in [-0.05, 0) is 32.2 Å². The molecule has 0 radical (unpaired) electrons. The van der Waals surface area contributed by atoms with Crippen molar-refractivity contribution in [3.8, 4) is 0 Å². The van der Waals surface area contributed by atoms with E-state index in [1.54, 1.807) is 6.20 Å². The Bertz CT molecular complexity index is 383. The van der Waals surface area contributed by atoms with Gasteiger partial charge in [-0.3, -0.25) is 4.79 Å². The summed E-state index contributed by atoms with van der Waals surface area (Å²) in [5.41, 5.74) is 5.66. The number of nitrogens with two attached hydrogens (primary N) is 1. The van der Waals surface area contributed by atoms with Crippen molar-refractivity contribution in [1.29, 1.82) is 0 Å². The molecule has 0 aromatic carbocycles. The van der Waals surface area contributed by atoms with Crippen molar-refractivity contribution in [2.45, 2.75) is 19.8 Å². The number of likely N-dealkylation sites (tertiary alicyclic amines) is 1. The zero-order valence-corrected chi connectivity index (χ0v) is 11.5. The topological polar surface area (TPSA) is 59.2 Å². The Balaban J connectivity index is 0.00000144. The lowest BCUT2D eigenvalue weighted by Gasteiger charge is -2.31. The van der Waals surface area contributed by atoms with Gasteiger partial charge in [0.15, 0.2) is 0 Å². The van der Waals surface area contributed by atoms with Gasteiger partial charge in [-0.2, -0.15) is 0 Å². The molecule has 1 atom stereocenters. The summed E-state index contributed by atoms with van der Waals surface area (Å²) in [4.78, 5) is 18.9. The molecule has 17 heavy (non-hydrogen) atoms. The van der Waals surface area contributed by atoms with Crippen LogP contribution in [0.4, 0.5) is 0 Å². The molecular formula is C11H18ClN3OS. The fourth-order valence-corrected chi connectivity index (χ4v) is 2.80. The maximum absolute atomic E-state index is 12.1. The normalized spacial score (nSPS) is 19.9. The van der Waals surface area contributed by atoms with Gasteiger partial charge in [-0.1, -0.05) is 0 Å². The Morgan fingerprint density at radius 2 is 2.47 bits per heavy atom. The second kappa shape index (κ2) is 6.33. The van der Waals surface area contributed by atoms with E-state index in [9.17, 15) is 4.79 Å². The van der Waals surface area contributed by atoms with Crippen LogP contribution in [-0.4, -0.2) is 35.4 Å². The summed E-state index contributed by atoms with van der Waals surface area (Å²) in [6.07, 6.45) is 3.88. The summed E-state index contributed by atoms with van der Waals surface area (Å²) in [6, 6.07) is 0. The third kappa shape index (κ3) is 3.40. The number of nitrogens with zero attached hydrogens (tertiary/aromatic N) is 2. The summed E-state index contributed by atoms with van der Waals surface area (Å²) in [7, 11) is 0. The van der Waals surface area contributed by atoms with E-state index in [-0.39, 0.29) is 18.3 Å². The van der Waals surface area contributed by atoms with Crippen molar-refractivity contribution >= 4 is 29.7 Å². The molecule has 0 aliphatic carbocycles. The monoisotopic (exact) mass is 275 g/mol. The van der Waals surface area contributed by atoms with E-state index in [1.807, 2.05) is 11.8 Å². The summed E-state index contributed by atoms with van der Waals surface area (Å²) >= 11 is 1.46. The molecule has 1 aliphatic rings. The minimum atomic E-state index is 0. The van der Waals surface area contributed by atoms with E-state index in [0.717, 1.165) is 35.8 Å². The highest BCUT2D eigenvalue weighted by Crippen LogP contribution is 2.20. The lowest BCUT2D eigenvalue weighted by Crippen LogP contribution is -2.41. The predicted molar refractivity (Wildman–Crippen MR) is 71.8 cm³/mol. The number of hydrogen-bond acceptors (Lipinski definition) is 4. The maximum Gasteiger partial charge on any atom is 0.265 e. The first kappa shape index (κ1) is 14.4. The molecule has 1 aromatic heterocycles. The van der Waals surface area contributed by atoms with Crippen LogP contribution < -0.4 is 5.73 Å². The standard InChI is InChI=1S/C11H17N3OS.ClH/c1-8-13-6-10(16-8)11(15)14-4-2-3-9(5-12)7-14;/h6,9H,2-5,7,12H2,1H3;1H. The van der Waals surface area contributed by atoms with Gasteiger partial charge in [0.25, 0.3) is 5.91 Å². The van der Waals surface area contributed by atoms with Crippen molar-refractivity contribution in [3.63, 3.8) is 0 Å². The number of aryl methyl sites for hydroxylation is 1. The number of rotatable bonds is 2. The molecule has 6 heteroatoms. The maximum atomic E-state index is 12.1. The fraction of sp³-hybridized carbons (Fsp3) is 0.636. The lowest BCUT2D eigenvalue weighted by molar-refractivity contribution is 0.0683.